The van der Waals surface area contributed by atoms with Gasteiger partial charge >= 0.3 is 12.2 Å². The Morgan fingerprint density at radius 1 is 1.14 bits per heavy atom. The Hall–Kier alpha value is -3.34. The summed E-state index contributed by atoms with van der Waals surface area (Å²) in [4.78, 5) is 43.8. The number of aromatic nitrogens is 1. The van der Waals surface area contributed by atoms with E-state index in [1.54, 1.807) is 18.2 Å². The smallest absolute Gasteiger partial charge is 0.384 e. The standard InChI is InChI=1S/C25H27ClF3N5O3/c26-16-6-8-17(9-7-16)32-22(35)20-18(12-14-10-11-31-19(30)13-14)23(36)34(20)24(37)33-21(25(27,28)29)15-4-2-1-3-5-15/h6-11,13,15,18,20-21H,1-5,12H2,(H2,30,31)(H,32,35)(H,33,37)/t18-,20-,21-/m0/s1. The van der Waals surface area contributed by atoms with Crippen LogP contribution in [0.15, 0.2) is 42.6 Å². The van der Waals surface area contributed by atoms with Gasteiger partial charge in [0.05, 0.1) is 5.92 Å². The number of imide groups is 1. The lowest BCUT2D eigenvalue weighted by atomic mass is 9.81. The number of likely N-dealkylation sites (tertiary alicyclic amines) is 1. The Kier molecular flexibility index (Phi) is 7.91. The van der Waals surface area contributed by atoms with Gasteiger partial charge < -0.3 is 16.4 Å². The maximum atomic E-state index is 13.9. The molecule has 1 aliphatic carbocycles. The third-order valence-electron chi connectivity index (χ3n) is 6.87. The van der Waals surface area contributed by atoms with E-state index in [2.05, 4.69) is 10.3 Å². The van der Waals surface area contributed by atoms with Crippen molar-refractivity contribution in [2.45, 2.75) is 56.8 Å². The second kappa shape index (κ2) is 11.0. The first-order valence-corrected chi connectivity index (χ1v) is 12.4. The predicted molar refractivity (Wildman–Crippen MR) is 132 cm³/mol. The Morgan fingerprint density at radius 3 is 2.43 bits per heavy atom. The highest BCUT2D eigenvalue weighted by molar-refractivity contribution is 6.30. The summed E-state index contributed by atoms with van der Waals surface area (Å²) in [6, 6.07) is 4.64. The number of nitrogens with zero attached hydrogens (tertiary/aromatic N) is 2. The second-order valence-corrected chi connectivity index (χ2v) is 9.85. The molecule has 198 valence electrons. The van der Waals surface area contributed by atoms with Gasteiger partial charge in [-0.3, -0.25) is 14.5 Å². The molecule has 2 fully saturated rings. The van der Waals surface area contributed by atoms with Gasteiger partial charge in [0, 0.05) is 16.9 Å². The Balaban J connectivity index is 1.56. The second-order valence-electron chi connectivity index (χ2n) is 9.42. The van der Waals surface area contributed by atoms with Gasteiger partial charge in [-0.25, -0.2) is 9.78 Å². The SMILES string of the molecule is Nc1cc(C[C@@H]2C(=O)N(C(=O)N[C@@H](C3CCCCC3)C(F)(F)F)[C@@H]2C(=O)Nc2ccc(Cl)cc2)ccn1. The van der Waals surface area contributed by atoms with Crippen molar-refractivity contribution in [2.75, 3.05) is 11.1 Å². The molecule has 4 N–H and O–H groups in total. The summed E-state index contributed by atoms with van der Waals surface area (Å²) in [7, 11) is 0. The van der Waals surface area contributed by atoms with Crippen molar-refractivity contribution in [3.05, 3.63) is 53.2 Å². The molecule has 2 aliphatic rings. The number of benzene rings is 1. The fourth-order valence-electron chi connectivity index (χ4n) is 5.04. The summed E-state index contributed by atoms with van der Waals surface area (Å²) in [5.74, 6) is -2.99. The minimum absolute atomic E-state index is 0.0549. The summed E-state index contributed by atoms with van der Waals surface area (Å²) < 4.78 is 41.7. The van der Waals surface area contributed by atoms with Crippen LogP contribution in [-0.4, -0.2) is 46.0 Å². The van der Waals surface area contributed by atoms with E-state index in [0.29, 0.717) is 46.9 Å². The Morgan fingerprint density at radius 2 is 1.81 bits per heavy atom. The largest absolute Gasteiger partial charge is 0.408 e. The van der Waals surface area contributed by atoms with Crippen LogP contribution >= 0.6 is 11.6 Å². The van der Waals surface area contributed by atoms with Gasteiger partial charge in [-0.2, -0.15) is 13.2 Å². The van der Waals surface area contributed by atoms with Crippen LogP contribution < -0.4 is 16.4 Å². The van der Waals surface area contributed by atoms with Crippen molar-refractivity contribution in [2.24, 2.45) is 11.8 Å². The van der Waals surface area contributed by atoms with Crippen molar-refractivity contribution < 1.29 is 27.6 Å². The van der Waals surface area contributed by atoms with Crippen LogP contribution in [0.4, 0.5) is 29.5 Å². The van der Waals surface area contributed by atoms with E-state index in [-0.39, 0.29) is 12.2 Å². The number of carbonyl (C=O) groups excluding carboxylic acids is 3. The van der Waals surface area contributed by atoms with Crippen LogP contribution in [0.3, 0.4) is 0 Å². The molecule has 0 radical (unpaired) electrons. The number of hydrogen-bond acceptors (Lipinski definition) is 5. The number of anilines is 2. The highest BCUT2D eigenvalue weighted by Crippen LogP contribution is 2.36. The van der Waals surface area contributed by atoms with Gasteiger partial charge in [0.25, 0.3) is 0 Å². The number of halogens is 4. The summed E-state index contributed by atoms with van der Waals surface area (Å²) in [6.07, 6.45) is -0.430. The van der Waals surface area contributed by atoms with Gasteiger partial charge in [-0.15, -0.1) is 0 Å². The average Bonchev–Trinajstić information content (AvgIpc) is 2.85. The molecule has 37 heavy (non-hydrogen) atoms. The molecule has 3 atom stereocenters. The molecule has 4 rings (SSSR count). The van der Waals surface area contributed by atoms with Crippen LogP contribution in [0.5, 0.6) is 0 Å². The molecule has 1 aromatic carbocycles. The van der Waals surface area contributed by atoms with Crippen molar-refractivity contribution in [3.8, 4) is 0 Å². The number of pyridine rings is 1. The molecule has 2 aromatic rings. The molecule has 12 heteroatoms. The monoisotopic (exact) mass is 537 g/mol. The number of hydrogen-bond donors (Lipinski definition) is 3. The maximum absolute atomic E-state index is 13.9. The number of amides is 4. The molecule has 0 unspecified atom stereocenters. The number of nitrogens with two attached hydrogens (primary N) is 1. The highest BCUT2D eigenvalue weighted by Gasteiger charge is 2.56. The Labute approximate surface area is 216 Å². The van der Waals surface area contributed by atoms with Crippen LogP contribution in [0, 0.1) is 11.8 Å². The molecule has 4 amide bonds. The maximum Gasteiger partial charge on any atom is 0.408 e. The van der Waals surface area contributed by atoms with E-state index < -0.39 is 47.9 Å². The van der Waals surface area contributed by atoms with E-state index in [1.165, 1.54) is 24.4 Å². The molecule has 2 heterocycles. The predicted octanol–water partition coefficient (Wildman–Crippen LogP) is 4.55. The topological polar surface area (TPSA) is 117 Å². The average molecular weight is 538 g/mol. The highest BCUT2D eigenvalue weighted by atomic mass is 35.5. The lowest BCUT2D eigenvalue weighted by Gasteiger charge is -2.45. The number of nitrogen functional groups attached to an aromatic ring is 1. The van der Waals surface area contributed by atoms with Gasteiger partial charge in [-0.05, 0) is 67.1 Å². The molecule has 1 aromatic heterocycles. The van der Waals surface area contributed by atoms with Crippen molar-refractivity contribution >= 4 is 41.0 Å². The number of β-lactam (4-membered cyclic amide) rings is 1. The number of carbonyl (C=O) groups is 3. The first kappa shape index (κ1) is 26.7. The number of alkyl halides is 3. The minimum atomic E-state index is -4.69. The lowest BCUT2D eigenvalue weighted by molar-refractivity contribution is -0.170. The minimum Gasteiger partial charge on any atom is -0.384 e. The molecule has 1 saturated heterocycles. The van der Waals surface area contributed by atoms with Crippen LogP contribution in [0.25, 0.3) is 0 Å². The molecule has 0 bridgehead atoms. The van der Waals surface area contributed by atoms with Gasteiger partial charge in [0.15, 0.2) is 0 Å². The van der Waals surface area contributed by atoms with Gasteiger partial charge in [0.2, 0.25) is 11.8 Å². The van der Waals surface area contributed by atoms with E-state index >= 15 is 0 Å². The van der Waals surface area contributed by atoms with Crippen LogP contribution in [0.2, 0.25) is 5.02 Å². The summed E-state index contributed by atoms with van der Waals surface area (Å²) in [5, 5.41) is 5.08. The first-order chi connectivity index (χ1) is 17.5. The summed E-state index contributed by atoms with van der Waals surface area (Å²) in [6.45, 7) is 0. The normalized spacial score (nSPS) is 21.2. The quantitative estimate of drug-likeness (QED) is 0.467. The van der Waals surface area contributed by atoms with Crippen LogP contribution in [-0.2, 0) is 16.0 Å². The fraction of sp³-hybridized carbons (Fsp3) is 0.440. The van der Waals surface area contributed by atoms with Crippen molar-refractivity contribution in [3.63, 3.8) is 0 Å². The third-order valence-corrected chi connectivity index (χ3v) is 7.12. The molecule has 8 nitrogen and oxygen atoms in total. The molecule has 1 aliphatic heterocycles. The zero-order chi connectivity index (χ0) is 26.7. The lowest BCUT2D eigenvalue weighted by Crippen LogP contribution is -2.71. The number of rotatable bonds is 6. The molecule has 1 saturated carbocycles. The zero-order valence-electron chi connectivity index (χ0n) is 19.8. The van der Waals surface area contributed by atoms with E-state index in [1.807, 2.05) is 5.32 Å². The third kappa shape index (κ3) is 6.15. The molecular weight excluding hydrogens is 511 g/mol. The van der Waals surface area contributed by atoms with E-state index in [9.17, 15) is 27.6 Å². The summed E-state index contributed by atoms with van der Waals surface area (Å²) in [5.41, 5.74) is 6.67. The van der Waals surface area contributed by atoms with Gasteiger partial charge in [0.1, 0.15) is 17.9 Å². The van der Waals surface area contributed by atoms with Crippen LogP contribution in [0.1, 0.15) is 37.7 Å². The first-order valence-electron chi connectivity index (χ1n) is 12.0. The van der Waals surface area contributed by atoms with E-state index in [0.717, 1.165) is 6.42 Å². The zero-order valence-corrected chi connectivity index (χ0v) is 20.6. The van der Waals surface area contributed by atoms with Gasteiger partial charge in [-0.1, -0.05) is 30.9 Å². The summed E-state index contributed by atoms with van der Waals surface area (Å²) >= 11 is 5.88. The van der Waals surface area contributed by atoms with Crippen molar-refractivity contribution in [1.82, 2.24) is 15.2 Å². The number of nitrogens with one attached hydrogen (secondary N) is 2. The number of urea groups is 1. The molecular formula is C25H27ClF3N5O3. The molecule has 0 spiro atoms. The Bertz CT molecular complexity index is 1160. The van der Waals surface area contributed by atoms with E-state index in [4.69, 9.17) is 17.3 Å². The van der Waals surface area contributed by atoms with Crippen molar-refractivity contribution in [1.29, 1.82) is 0 Å². The fourth-order valence-corrected chi connectivity index (χ4v) is 5.16.